The van der Waals surface area contributed by atoms with Crippen LogP contribution in [-0.2, 0) is 11.3 Å². The molecule has 1 saturated heterocycles. The largest absolute Gasteiger partial charge is 0.348 e. The van der Waals surface area contributed by atoms with Crippen LogP contribution >= 0.6 is 0 Å². The highest BCUT2D eigenvalue weighted by Gasteiger charge is 2.25. The summed E-state index contributed by atoms with van der Waals surface area (Å²) in [5.74, 6) is 0.689. The molecule has 1 atom stereocenters. The summed E-state index contributed by atoms with van der Waals surface area (Å²) in [7, 11) is 0. The summed E-state index contributed by atoms with van der Waals surface area (Å²) in [4.78, 5) is 15.1. The summed E-state index contributed by atoms with van der Waals surface area (Å²) in [6, 6.07) is 10.9. The molecule has 1 aliphatic rings. The summed E-state index contributed by atoms with van der Waals surface area (Å²) in [6.45, 7) is 12.6. The highest BCUT2D eigenvalue weighted by molar-refractivity contribution is 5.77. The second kappa shape index (κ2) is 8.30. The van der Waals surface area contributed by atoms with Gasteiger partial charge in [0.2, 0.25) is 0 Å². The average molecular weight is 305 g/mol. The number of carbonyl (C=O) groups excluding carboxylic acids is 1. The van der Waals surface area contributed by atoms with Gasteiger partial charge in [0.1, 0.15) is 32.7 Å². The third-order valence-electron chi connectivity index (χ3n) is 4.76. The lowest BCUT2D eigenvalue weighted by Crippen LogP contribution is -3.28. The second-order valence-corrected chi connectivity index (χ2v) is 6.94. The smallest absolute Gasteiger partial charge is 0.275 e. The zero-order chi connectivity index (χ0) is 15.9. The maximum Gasteiger partial charge on any atom is 0.275 e. The molecule has 1 amide bonds. The molecule has 1 aliphatic heterocycles. The normalized spacial score (nSPS) is 23.3. The molecule has 3 N–H and O–H groups in total. The highest BCUT2D eigenvalue weighted by atomic mass is 16.2. The van der Waals surface area contributed by atoms with Crippen LogP contribution in [0.25, 0.3) is 0 Å². The lowest BCUT2D eigenvalue weighted by Gasteiger charge is -2.29. The Labute approximate surface area is 134 Å². The molecular formula is C18H31N3O+2. The first-order valence-electron chi connectivity index (χ1n) is 8.55. The van der Waals surface area contributed by atoms with Gasteiger partial charge in [-0.1, -0.05) is 44.2 Å². The van der Waals surface area contributed by atoms with E-state index in [1.807, 2.05) is 0 Å². The Kier molecular flexibility index (Phi) is 6.40. The topological polar surface area (TPSA) is 38.0 Å². The summed E-state index contributed by atoms with van der Waals surface area (Å²) in [5.41, 5.74) is 1.41. The lowest BCUT2D eigenvalue weighted by atomic mass is 10.1. The summed E-state index contributed by atoms with van der Waals surface area (Å²) in [5, 5.41) is 3.11. The van der Waals surface area contributed by atoms with Gasteiger partial charge in [-0.2, -0.15) is 0 Å². The van der Waals surface area contributed by atoms with Crippen molar-refractivity contribution in [1.82, 2.24) is 5.32 Å². The van der Waals surface area contributed by atoms with Crippen LogP contribution in [-0.4, -0.2) is 44.7 Å². The van der Waals surface area contributed by atoms with Crippen molar-refractivity contribution in [3.8, 4) is 0 Å². The van der Waals surface area contributed by atoms with E-state index in [0.717, 1.165) is 32.7 Å². The van der Waals surface area contributed by atoms with Gasteiger partial charge in [-0.05, 0) is 12.8 Å². The number of carbonyl (C=O) groups is 1. The third kappa shape index (κ3) is 5.43. The van der Waals surface area contributed by atoms with Crippen molar-refractivity contribution in [3.63, 3.8) is 0 Å². The predicted molar refractivity (Wildman–Crippen MR) is 88.8 cm³/mol. The van der Waals surface area contributed by atoms with Crippen molar-refractivity contribution in [2.45, 2.75) is 33.4 Å². The maximum atomic E-state index is 12.1. The summed E-state index contributed by atoms with van der Waals surface area (Å²) >= 11 is 0. The number of benzene rings is 1. The van der Waals surface area contributed by atoms with E-state index >= 15 is 0 Å². The van der Waals surface area contributed by atoms with Crippen LogP contribution in [0.2, 0.25) is 0 Å². The molecule has 22 heavy (non-hydrogen) atoms. The van der Waals surface area contributed by atoms with E-state index in [-0.39, 0.29) is 11.9 Å². The van der Waals surface area contributed by atoms with Gasteiger partial charge < -0.3 is 15.1 Å². The van der Waals surface area contributed by atoms with Crippen molar-refractivity contribution in [1.29, 1.82) is 0 Å². The number of rotatable bonds is 6. The Balaban J connectivity index is 1.70. The SMILES string of the molecule is CC(C)[C@@H](C)NC(=O)C[NH+]1CC[NH+](Cc2ccccc2)CC1. The zero-order valence-electron chi connectivity index (χ0n) is 14.2. The number of quaternary nitrogens is 2. The van der Waals surface area contributed by atoms with E-state index in [2.05, 4.69) is 56.4 Å². The highest BCUT2D eigenvalue weighted by Crippen LogP contribution is 1.98. The Morgan fingerprint density at radius 3 is 2.23 bits per heavy atom. The van der Waals surface area contributed by atoms with Gasteiger partial charge in [0.25, 0.3) is 5.91 Å². The van der Waals surface area contributed by atoms with Gasteiger partial charge in [0, 0.05) is 11.6 Å². The monoisotopic (exact) mass is 305 g/mol. The average Bonchev–Trinajstić information content (AvgIpc) is 2.50. The third-order valence-corrected chi connectivity index (χ3v) is 4.76. The number of hydrogen-bond acceptors (Lipinski definition) is 1. The zero-order valence-corrected chi connectivity index (χ0v) is 14.2. The Morgan fingerprint density at radius 2 is 1.64 bits per heavy atom. The minimum absolute atomic E-state index is 0.197. The van der Waals surface area contributed by atoms with Crippen LogP contribution < -0.4 is 15.1 Å². The first kappa shape index (κ1) is 17.0. The van der Waals surface area contributed by atoms with Crippen molar-refractivity contribution in [2.24, 2.45) is 5.92 Å². The molecule has 1 aromatic rings. The van der Waals surface area contributed by atoms with E-state index in [1.165, 1.54) is 10.5 Å². The van der Waals surface area contributed by atoms with E-state index in [1.54, 1.807) is 4.90 Å². The van der Waals surface area contributed by atoms with E-state index in [4.69, 9.17) is 0 Å². The molecule has 122 valence electrons. The van der Waals surface area contributed by atoms with Crippen LogP contribution in [0.1, 0.15) is 26.3 Å². The second-order valence-electron chi connectivity index (χ2n) is 6.94. The fourth-order valence-corrected chi connectivity index (χ4v) is 2.89. The molecule has 1 heterocycles. The molecule has 1 fully saturated rings. The van der Waals surface area contributed by atoms with Crippen molar-refractivity contribution >= 4 is 5.91 Å². The molecule has 0 unspecified atom stereocenters. The van der Waals surface area contributed by atoms with Gasteiger partial charge in [0.15, 0.2) is 6.54 Å². The first-order valence-corrected chi connectivity index (χ1v) is 8.55. The molecule has 4 nitrogen and oxygen atoms in total. The standard InChI is InChI=1S/C18H29N3O/c1-15(2)16(3)19-18(22)14-21-11-9-20(10-12-21)13-17-7-5-4-6-8-17/h4-8,15-16H,9-14H2,1-3H3,(H,19,22)/p+2/t16-/m1/s1. The van der Waals surface area contributed by atoms with Crippen LogP contribution in [0.5, 0.6) is 0 Å². The summed E-state index contributed by atoms with van der Waals surface area (Å²) in [6.07, 6.45) is 0. The van der Waals surface area contributed by atoms with Crippen molar-refractivity contribution in [3.05, 3.63) is 35.9 Å². The summed E-state index contributed by atoms with van der Waals surface area (Å²) < 4.78 is 0. The van der Waals surface area contributed by atoms with Gasteiger partial charge in [-0.25, -0.2) is 0 Å². The molecule has 4 heteroatoms. The van der Waals surface area contributed by atoms with Gasteiger partial charge in [0.05, 0.1) is 0 Å². The Bertz CT molecular complexity index is 453. The molecule has 0 aliphatic carbocycles. The fourth-order valence-electron chi connectivity index (χ4n) is 2.89. The van der Waals surface area contributed by atoms with Crippen molar-refractivity contribution < 1.29 is 14.6 Å². The maximum absolute atomic E-state index is 12.1. The quantitative estimate of drug-likeness (QED) is 0.628. The molecular weight excluding hydrogens is 274 g/mol. The van der Waals surface area contributed by atoms with Crippen molar-refractivity contribution in [2.75, 3.05) is 32.7 Å². The van der Waals surface area contributed by atoms with E-state index < -0.39 is 0 Å². The van der Waals surface area contributed by atoms with Gasteiger partial charge >= 0.3 is 0 Å². The lowest BCUT2D eigenvalue weighted by molar-refractivity contribution is -1.02. The minimum atomic E-state index is 0.197. The number of nitrogens with one attached hydrogen (secondary N) is 3. The molecule has 0 bridgehead atoms. The minimum Gasteiger partial charge on any atom is -0.348 e. The van der Waals surface area contributed by atoms with Crippen LogP contribution in [0.3, 0.4) is 0 Å². The van der Waals surface area contributed by atoms with E-state index in [0.29, 0.717) is 12.5 Å². The molecule has 0 radical (unpaired) electrons. The number of amides is 1. The van der Waals surface area contributed by atoms with Crippen LogP contribution in [0, 0.1) is 5.92 Å². The Morgan fingerprint density at radius 1 is 1.05 bits per heavy atom. The first-order chi connectivity index (χ1) is 10.5. The number of piperazine rings is 1. The molecule has 0 spiro atoms. The van der Waals surface area contributed by atoms with Gasteiger partial charge in [-0.3, -0.25) is 4.79 Å². The van der Waals surface area contributed by atoms with E-state index in [9.17, 15) is 4.79 Å². The molecule has 1 aromatic carbocycles. The predicted octanol–water partition coefficient (Wildman–Crippen LogP) is -0.869. The molecule has 0 saturated carbocycles. The van der Waals surface area contributed by atoms with Gasteiger partial charge in [-0.15, -0.1) is 0 Å². The fraction of sp³-hybridized carbons (Fsp3) is 0.611. The Hall–Kier alpha value is -1.39. The molecule has 2 rings (SSSR count). The van der Waals surface area contributed by atoms with Crippen LogP contribution in [0.4, 0.5) is 0 Å². The number of hydrogen-bond donors (Lipinski definition) is 3. The van der Waals surface area contributed by atoms with Crippen LogP contribution in [0.15, 0.2) is 30.3 Å². The molecule has 0 aromatic heterocycles.